The summed E-state index contributed by atoms with van der Waals surface area (Å²) in [5.74, 6) is 5.47. The van der Waals surface area contributed by atoms with Crippen molar-refractivity contribution >= 4 is 5.97 Å². The first kappa shape index (κ1) is 25.6. The highest BCUT2D eigenvalue weighted by Crippen LogP contribution is 2.68. The Morgan fingerprint density at radius 3 is 2.47 bits per heavy atom. The van der Waals surface area contributed by atoms with Crippen molar-refractivity contribution in [3.63, 3.8) is 0 Å². The largest absolute Gasteiger partial charge is 0.466 e. The van der Waals surface area contributed by atoms with E-state index in [2.05, 4.69) is 26.7 Å². The number of terminal acetylenes is 1. The second-order valence-electron chi connectivity index (χ2n) is 11.2. The summed E-state index contributed by atoms with van der Waals surface area (Å²) in [7, 11) is 0. The number of fused-ring (bicyclic) bond motifs is 3. The molecule has 5 unspecified atom stereocenters. The fraction of sp³-hybridized carbons (Fsp3) is 0.893. The minimum atomic E-state index is -0.786. The highest BCUT2D eigenvalue weighted by atomic mass is 16.6. The van der Waals surface area contributed by atoms with Gasteiger partial charge in [0.25, 0.3) is 0 Å². The van der Waals surface area contributed by atoms with Crippen LogP contribution in [0.5, 0.6) is 0 Å². The molecule has 0 aliphatic heterocycles. The Morgan fingerprint density at radius 2 is 1.84 bits per heavy atom. The molecule has 0 aromatic carbocycles. The Balaban J connectivity index is 1.81. The number of ether oxygens (including phenoxy) is 2. The zero-order chi connectivity index (χ0) is 23.6. The highest BCUT2D eigenvalue weighted by Gasteiger charge is 2.65. The molecule has 0 saturated heterocycles. The molecular weight excluding hydrogens is 400 g/mol. The van der Waals surface area contributed by atoms with Crippen molar-refractivity contribution in [3.8, 4) is 12.3 Å². The van der Waals surface area contributed by atoms with Crippen LogP contribution in [0.2, 0.25) is 0 Å². The van der Waals surface area contributed by atoms with Gasteiger partial charge in [-0.15, -0.1) is 6.42 Å². The molecular formula is C28H46O4. The molecule has 3 rings (SSSR count). The van der Waals surface area contributed by atoms with Crippen LogP contribution in [0.25, 0.3) is 0 Å². The SMILES string of the molecule is C#C[C@]1(OC(O)CC)CCC2C3CCC(CCOC(=O)CC)[C@](C)(CCC)C3CC[C@@]21C. The molecule has 0 bridgehead atoms. The van der Waals surface area contributed by atoms with Gasteiger partial charge in [0.2, 0.25) is 0 Å². The molecule has 4 nitrogen and oxygen atoms in total. The molecule has 32 heavy (non-hydrogen) atoms. The van der Waals surface area contributed by atoms with Crippen LogP contribution in [-0.2, 0) is 14.3 Å². The lowest BCUT2D eigenvalue weighted by Crippen LogP contribution is -2.56. The fourth-order valence-corrected chi connectivity index (χ4v) is 8.13. The summed E-state index contributed by atoms with van der Waals surface area (Å²) in [4.78, 5) is 11.6. The minimum absolute atomic E-state index is 0.0737. The number of hydrogen-bond donors (Lipinski definition) is 1. The molecule has 0 aromatic heterocycles. The molecule has 1 N–H and O–H groups in total. The summed E-state index contributed by atoms with van der Waals surface area (Å²) in [5, 5.41) is 10.3. The molecule has 0 heterocycles. The number of hydrogen-bond acceptors (Lipinski definition) is 4. The zero-order valence-corrected chi connectivity index (χ0v) is 21.1. The number of aliphatic hydroxyl groups is 1. The van der Waals surface area contributed by atoms with Gasteiger partial charge < -0.3 is 14.6 Å². The van der Waals surface area contributed by atoms with Crippen LogP contribution < -0.4 is 0 Å². The van der Waals surface area contributed by atoms with Gasteiger partial charge in [0.15, 0.2) is 6.29 Å². The zero-order valence-electron chi connectivity index (χ0n) is 21.1. The maximum absolute atomic E-state index is 11.6. The summed E-state index contributed by atoms with van der Waals surface area (Å²) >= 11 is 0. The number of aliphatic hydroxyl groups excluding tert-OH is 1. The molecule has 0 amide bonds. The molecule has 4 heteroatoms. The molecule has 0 radical (unpaired) electrons. The summed E-state index contributed by atoms with van der Waals surface area (Å²) < 4.78 is 11.7. The van der Waals surface area contributed by atoms with Gasteiger partial charge in [-0.2, -0.15) is 0 Å². The lowest BCUT2D eigenvalue weighted by atomic mass is 9.45. The van der Waals surface area contributed by atoms with Gasteiger partial charge in [-0.05, 0) is 86.9 Å². The Hall–Kier alpha value is -1.05. The number of carbonyl (C=O) groups is 1. The van der Waals surface area contributed by atoms with Crippen LogP contribution in [0.3, 0.4) is 0 Å². The molecule has 0 aromatic rings. The molecule has 3 fully saturated rings. The van der Waals surface area contributed by atoms with Crippen molar-refractivity contribution in [2.24, 2.45) is 34.5 Å². The highest BCUT2D eigenvalue weighted by molar-refractivity contribution is 5.68. The number of rotatable bonds is 9. The monoisotopic (exact) mass is 446 g/mol. The Morgan fingerprint density at radius 1 is 1.12 bits per heavy atom. The van der Waals surface area contributed by atoms with E-state index < -0.39 is 11.9 Å². The van der Waals surface area contributed by atoms with Crippen molar-refractivity contribution in [1.29, 1.82) is 0 Å². The maximum atomic E-state index is 11.6. The lowest BCUT2D eigenvalue weighted by Gasteiger charge is -2.60. The third-order valence-electron chi connectivity index (χ3n) is 9.91. The van der Waals surface area contributed by atoms with Gasteiger partial charge in [0.1, 0.15) is 5.60 Å². The second kappa shape index (κ2) is 10.1. The van der Waals surface area contributed by atoms with E-state index in [-0.39, 0.29) is 16.8 Å². The van der Waals surface area contributed by atoms with Crippen LogP contribution in [0.4, 0.5) is 0 Å². The van der Waals surface area contributed by atoms with E-state index in [9.17, 15) is 9.90 Å². The van der Waals surface area contributed by atoms with Gasteiger partial charge in [-0.25, -0.2) is 0 Å². The van der Waals surface area contributed by atoms with E-state index >= 15 is 0 Å². The van der Waals surface area contributed by atoms with Gasteiger partial charge in [-0.3, -0.25) is 4.79 Å². The van der Waals surface area contributed by atoms with E-state index in [1.165, 1.54) is 32.1 Å². The standard InChI is InChI=1S/C28H46O4/c1-7-16-26(5)20(15-19-31-24(29)8-2)11-12-21-22(26)13-17-27(6)23(21)14-18-28(27,10-4)32-25(30)9-3/h4,20-23,25,30H,7-9,11-19H2,1-3,5-6H3/t20?,21?,22?,23?,25?,26-,27-,28-/m0/s1. The molecule has 3 saturated carbocycles. The van der Waals surface area contributed by atoms with Crippen LogP contribution in [0.15, 0.2) is 0 Å². The van der Waals surface area contributed by atoms with E-state index in [1.807, 2.05) is 13.8 Å². The molecule has 182 valence electrons. The van der Waals surface area contributed by atoms with Crippen LogP contribution in [-0.4, -0.2) is 29.6 Å². The van der Waals surface area contributed by atoms with E-state index in [0.717, 1.165) is 25.7 Å². The van der Waals surface area contributed by atoms with Crippen LogP contribution in [0.1, 0.15) is 105 Å². The smallest absolute Gasteiger partial charge is 0.305 e. The van der Waals surface area contributed by atoms with Crippen LogP contribution in [0, 0.1) is 46.8 Å². The number of esters is 1. The Bertz CT molecular complexity index is 698. The average Bonchev–Trinajstić information content (AvgIpc) is 3.07. The van der Waals surface area contributed by atoms with Gasteiger partial charge in [0.05, 0.1) is 6.61 Å². The third kappa shape index (κ3) is 4.25. The normalized spacial score (nSPS) is 41.9. The van der Waals surface area contributed by atoms with Gasteiger partial charge in [-0.1, -0.05) is 47.0 Å². The number of carbonyl (C=O) groups excluding carboxylic acids is 1. The lowest BCUT2D eigenvalue weighted by molar-refractivity contribution is -0.215. The minimum Gasteiger partial charge on any atom is -0.466 e. The van der Waals surface area contributed by atoms with Crippen molar-refractivity contribution < 1.29 is 19.4 Å². The Labute approximate surface area is 196 Å². The maximum Gasteiger partial charge on any atom is 0.305 e. The predicted molar refractivity (Wildman–Crippen MR) is 128 cm³/mol. The molecule has 8 atom stereocenters. The van der Waals surface area contributed by atoms with E-state index in [1.54, 1.807) is 0 Å². The first-order chi connectivity index (χ1) is 15.2. The summed E-state index contributed by atoms with van der Waals surface area (Å²) in [6.07, 6.45) is 16.4. The first-order valence-electron chi connectivity index (χ1n) is 13.2. The van der Waals surface area contributed by atoms with E-state index in [4.69, 9.17) is 15.9 Å². The molecule has 0 spiro atoms. The van der Waals surface area contributed by atoms with Crippen LogP contribution >= 0.6 is 0 Å². The van der Waals surface area contributed by atoms with E-state index in [0.29, 0.717) is 43.1 Å². The third-order valence-corrected chi connectivity index (χ3v) is 9.91. The predicted octanol–water partition coefficient (Wildman–Crippen LogP) is 6.11. The van der Waals surface area contributed by atoms with Crippen molar-refractivity contribution in [2.45, 2.75) is 117 Å². The summed E-state index contributed by atoms with van der Waals surface area (Å²) in [5.41, 5.74) is -0.442. The van der Waals surface area contributed by atoms with Crippen molar-refractivity contribution in [1.82, 2.24) is 0 Å². The molecule has 3 aliphatic carbocycles. The summed E-state index contributed by atoms with van der Waals surface area (Å²) in [6, 6.07) is 0. The summed E-state index contributed by atoms with van der Waals surface area (Å²) in [6.45, 7) is 11.5. The second-order valence-corrected chi connectivity index (χ2v) is 11.2. The first-order valence-corrected chi connectivity index (χ1v) is 13.2. The van der Waals surface area contributed by atoms with Gasteiger partial charge >= 0.3 is 5.97 Å². The fourth-order valence-electron chi connectivity index (χ4n) is 8.13. The Kier molecular flexibility index (Phi) is 8.04. The molecule has 3 aliphatic rings. The van der Waals surface area contributed by atoms with Crippen molar-refractivity contribution in [3.05, 3.63) is 0 Å². The van der Waals surface area contributed by atoms with Crippen molar-refractivity contribution in [2.75, 3.05) is 6.61 Å². The average molecular weight is 447 g/mol. The quantitative estimate of drug-likeness (QED) is 0.264. The van der Waals surface area contributed by atoms with Gasteiger partial charge in [0, 0.05) is 11.8 Å². The topological polar surface area (TPSA) is 55.8 Å².